The van der Waals surface area contributed by atoms with Crippen molar-refractivity contribution < 1.29 is 9.90 Å². The molecule has 0 aromatic heterocycles. The van der Waals surface area contributed by atoms with Crippen LogP contribution in [0, 0.1) is 5.92 Å². The number of carbonyl (C=O) groups is 1. The summed E-state index contributed by atoms with van der Waals surface area (Å²) in [6.07, 6.45) is 5.39. The summed E-state index contributed by atoms with van der Waals surface area (Å²) >= 11 is 0. The predicted octanol–water partition coefficient (Wildman–Crippen LogP) is 1.66. The molecule has 0 radical (unpaired) electrons. The lowest BCUT2D eigenvalue weighted by atomic mass is 10.0. The Morgan fingerprint density at radius 2 is 1.94 bits per heavy atom. The molecule has 2 rings (SSSR count). The van der Waals surface area contributed by atoms with Crippen LogP contribution in [0.2, 0.25) is 0 Å². The molecule has 2 aliphatic rings. The number of hydrogen-bond donors (Lipinski definition) is 1. The summed E-state index contributed by atoms with van der Waals surface area (Å²) in [6.45, 7) is 7.97. The first kappa shape index (κ1) is 13.8. The molecule has 1 aliphatic heterocycles. The maximum Gasteiger partial charge on any atom is 0.320 e. The quantitative estimate of drug-likeness (QED) is 0.828. The van der Waals surface area contributed by atoms with E-state index in [2.05, 4.69) is 16.7 Å². The van der Waals surface area contributed by atoms with Gasteiger partial charge in [-0.3, -0.25) is 14.6 Å². The molecule has 0 aromatic rings. The summed E-state index contributed by atoms with van der Waals surface area (Å²) in [5.41, 5.74) is 0. The molecule has 0 bridgehead atoms. The van der Waals surface area contributed by atoms with Gasteiger partial charge in [0, 0.05) is 32.2 Å². The molecule has 2 fully saturated rings. The van der Waals surface area contributed by atoms with Crippen LogP contribution < -0.4 is 0 Å². The second-order valence-electron chi connectivity index (χ2n) is 5.83. The van der Waals surface area contributed by atoms with E-state index >= 15 is 0 Å². The molecule has 3 atom stereocenters. The molecule has 0 spiro atoms. The molecule has 1 N–H and O–H groups in total. The standard InChI is InChI=1S/C14H26N2O2/c1-3-12-4-5-13(10-12)16-8-6-15(7-9-16)11(2)14(17)18/h11-13H,3-10H2,1-2H3,(H,17,18). The molecule has 1 saturated heterocycles. The second kappa shape index (κ2) is 6.02. The molecule has 4 nitrogen and oxygen atoms in total. The predicted molar refractivity (Wildman–Crippen MR) is 71.7 cm³/mol. The van der Waals surface area contributed by atoms with Gasteiger partial charge in [0.1, 0.15) is 6.04 Å². The fourth-order valence-corrected chi connectivity index (χ4v) is 3.40. The summed E-state index contributed by atoms with van der Waals surface area (Å²) < 4.78 is 0. The van der Waals surface area contributed by atoms with E-state index < -0.39 is 5.97 Å². The largest absolute Gasteiger partial charge is 0.480 e. The van der Waals surface area contributed by atoms with Crippen LogP contribution >= 0.6 is 0 Å². The zero-order valence-electron chi connectivity index (χ0n) is 11.6. The molecule has 1 aliphatic carbocycles. The maximum atomic E-state index is 11.0. The lowest BCUT2D eigenvalue weighted by Gasteiger charge is -2.39. The minimum absolute atomic E-state index is 0.334. The van der Waals surface area contributed by atoms with E-state index in [1.807, 2.05) is 0 Å². The smallest absolute Gasteiger partial charge is 0.320 e. The van der Waals surface area contributed by atoms with E-state index in [0.29, 0.717) is 0 Å². The van der Waals surface area contributed by atoms with Crippen molar-refractivity contribution in [2.75, 3.05) is 26.2 Å². The highest BCUT2D eigenvalue weighted by atomic mass is 16.4. The zero-order valence-corrected chi connectivity index (χ0v) is 11.6. The maximum absolute atomic E-state index is 11.0. The first-order valence-corrected chi connectivity index (χ1v) is 7.32. The van der Waals surface area contributed by atoms with Gasteiger partial charge in [0.2, 0.25) is 0 Å². The van der Waals surface area contributed by atoms with Gasteiger partial charge in [0.15, 0.2) is 0 Å². The Hall–Kier alpha value is -0.610. The topological polar surface area (TPSA) is 43.8 Å². The van der Waals surface area contributed by atoms with Crippen LogP contribution in [0.4, 0.5) is 0 Å². The van der Waals surface area contributed by atoms with Gasteiger partial charge >= 0.3 is 5.97 Å². The first-order chi connectivity index (χ1) is 8.61. The highest BCUT2D eigenvalue weighted by molar-refractivity contribution is 5.72. The summed E-state index contributed by atoms with van der Waals surface area (Å²) in [4.78, 5) is 15.6. The molecular weight excluding hydrogens is 228 g/mol. The Balaban J connectivity index is 1.78. The third kappa shape index (κ3) is 3.04. The van der Waals surface area contributed by atoms with Gasteiger partial charge in [-0.1, -0.05) is 13.3 Å². The third-order valence-electron chi connectivity index (χ3n) is 4.86. The van der Waals surface area contributed by atoms with Crippen molar-refractivity contribution in [3.63, 3.8) is 0 Å². The Kier molecular flexibility index (Phi) is 4.62. The van der Waals surface area contributed by atoms with E-state index in [1.54, 1.807) is 6.92 Å². The van der Waals surface area contributed by atoms with Crippen molar-refractivity contribution in [1.29, 1.82) is 0 Å². The number of carboxylic acids is 1. The van der Waals surface area contributed by atoms with Crippen molar-refractivity contribution in [3.05, 3.63) is 0 Å². The zero-order chi connectivity index (χ0) is 13.1. The van der Waals surface area contributed by atoms with Gasteiger partial charge in [0.25, 0.3) is 0 Å². The van der Waals surface area contributed by atoms with Crippen molar-refractivity contribution in [2.45, 2.75) is 51.6 Å². The minimum Gasteiger partial charge on any atom is -0.480 e. The fourth-order valence-electron chi connectivity index (χ4n) is 3.40. The highest BCUT2D eigenvalue weighted by Gasteiger charge is 2.32. The van der Waals surface area contributed by atoms with Crippen molar-refractivity contribution >= 4 is 5.97 Å². The Bertz CT molecular complexity index is 288. The number of piperazine rings is 1. The number of aliphatic carboxylic acids is 1. The van der Waals surface area contributed by atoms with Gasteiger partial charge < -0.3 is 5.11 Å². The van der Waals surface area contributed by atoms with Gasteiger partial charge in [-0.05, 0) is 32.1 Å². The third-order valence-corrected chi connectivity index (χ3v) is 4.86. The Labute approximate surface area is 110 Å². The summed E-state index contributed by atoms with van der Waals surface area (Å²) in [6, 6.07) is 0.427. The first-order valence-electron chi connectivity index (χ1n) is 7.32. The van der Waals surface area contributed by atoms with Crippen molar-refractivity contribution in [3.8, 4) is 0 Å². The van der Waals surface area contributed by atoms with Crippen molar-refractivity contribution in [2.24, 2.45) is 5.92 Å². The molecule has 1 heterocycles. The van der Waals surface area contributed by atoms with Crippen LogP contribution in [-0.4, -0.2) is 59.1 Å². The van der Waals surface area contributed by atoms with Crippen molar-refractivity contribution in [1.82, 2.24) is 9.80 Å². The summed E-state index contributed by atoms with van der Waals surface area (Å²) in [7, 11) is 0. The average Bonchev–Trinajstić information content (AvgIpc) is 2.86. The van der Waals surface area contributed by atoms with Crippen LogP contribution in [-0.2, 0) is 4.79 Å². The van der Waals surface area contributed by atoms with Crippen LogP contribution in [0.15, 0.2) is 0 Å². The Morgan fingerprint density at radius 1 is 1.28 bits per heavy atom. The van der Waals surface area contributed by atoms with E-state index in [-0.39, 0.29) is 6.04 Å². The van der Waals surface area contributed by atoms with E-state index in [4.69, 9.17) is 5.11 Å². The van der Waals surface area contributed by atoms with Crippen LogP contribution in [0.5, 0.6) is 0 Å². The number of nitrogens with zero attached hydrogens (tertiary/aromatic N) is 2. The normalized spacial score (nSPS) is 32.6. The van der Waals surface area contributed by atoms with Gasteiger partial charge in [-0.2, -0.15) is 0 Å². The second-order valence-corrected chi connectivity index (χ2v) is 5.83. The summed E-state index contributed by atoms with van der Waals surface area (Å²) in [5, 5.41) is 9.02. The average molecular weight is 254 g/mol. The van der Waals surface area contributed by atoms with Gasteiger partial charge in [0.05, 0.1) is 0 Å². The van der Waals surface area contributed by atoms with E-state index in [0.717, 1.165) is 38.1 Å². The van der Waals surface area contributed by atoms with Crippen LogP contribution in [0.1, 0.15) is 39.5 Å². The van der Waals surface area contributed by atoms with Gasteiger partial charge in [-0.15, -0.1) is 0 Å². The van der Waals surface area contributed by atoms with E-state index in [9.17, 15) is 4.79 Å². The minimum atomic E-state index is -0.699. The monoisotopic (exact) mass is 254 g/mol. The summed E-state index contributed by atoms with van der Waals surface area (Å²) in [5.74, 6) is 0.223. The molecule has 0 amide bonds. The highest BCUT2D eigenvalue weighted by Crippen LogP contribution is 2.31. The molecule has 0 aromatic carbocycles. The van der Waals surface area contributed by atoms with Crippen LogP contribution in [0.25, 0.3) is 0 Å². The molecule has 1 saturated carbocycles. The van der Waals surface area contributed by atoms with Crippen LogP contribution in [0.3, 0.4) is 0 Å². The van der Waals surface area contributed by atoms with E-state index in [1.165, 1.54) is 25.7 Å². The van der Waals surface area contributed by atoms with Gasteiger partial charge in [-0.25, -0.2) is 0 Å². The lowest BCUT2D eigenvalue weighted by molar-refractivity contribution is -0.143. The fraction of sp³-hybridized carbons (Fsp3) is 0.929. The number of hydrogen-bond acceptors (Lipinski definition) is 3. The number of carboxylic acid groups (broad SMARTS) is 1. The molecule has 104 valence electrons. The SMILES string of the molecule is CCC1CCC(N2CCN(C(C)C(=O)O)CC2)C1. The molecular formula is C14H26N2O2. The molecule has 3 unspecified atom stereocenters. The molecule has 18 heavy (non-hydrogen) atoms. The Morgan fingerprint density at radius 3 is 2.44 bits per heavy atom. The lowest BCUT2D eigenvalue weighted by Crippen LogP contribution is -2.53. The number of rotatable bonds is 4. The molecule has 4 heteroatoms.